The number of halogens is 1. The molecule has 3 aromatic rings. The van der Waals surface area contributed by atoms with Gasteiger partial charge in [-0.1, -0.05) is 18.2 Å². The average Bonchev–Trinajstić information content (AvgIpc) is 3.13. The molecule has 1 aromatic carbocycles. The van der Waals surface area contributed by atoms with Crippen LogP contribution in [0.15, 0.2) is 59.5 Å². The molecule has 1 N–H and O–H groups in total. The number of rotatable bonds is 4. The maximum atomic E-state index is 13.6. The van der Waals surface area contributed by atoms with Crippen molar-refractivity contribution in [3.05, 3.63) is 72.2 Å². The zero-order valence-electron chi connectivity index (χ0n) is 11.0. The number of nitrogens with one attached hydrogen (secondary N) is 1. The van der Waals surface area contributed by atoms with Crippen LogP contribution in [-0.4, -0.2) is 15.7 Å². The van der Waals surface area contributed by atoms with Gasteiger partial charge in [-0.3, -0.25) is 9.48 Å². The van der Waals surface area contributed by atoms with E-state index in [4.69, 9.17) is 4.42 Å². The van der Waals surface area contributed by atoms with Gasteiger partial charge in [-0.15, -0.1) is 0 Å². The number of amides is 1. The molecule has 3 rings (SSSR count). The molecule has 0 aliphatic rings. The van der Waals surface area contributed by atoms with Gasteiger partial charge >= 0.3 is 0 Å². The molecule has 106 valence electrons. The van der Waals surface area contributed by atoms with Crippen molar-refractivity contribution in [1.82, 2.24) is 9.78 Å². The van der Waals surface area contributed by atoms with Gasteiger partial charge in [0.15, 0.2) is 5.76 Å². The largest absolute Gasteiger partial charge is 0.459 e. The SMILES string of the molecule is O=C(Nc1cnn(Cc2ccccc2F)c1)c1ccco1. The molecule has 5 nitrogen and oxygen atoms in total. The molecule has 6 heteroatoms. The minimum absolute atomic E-state index is 0.219. The Morgan fingerprint density at radius 2 is 2.14 bits per heavy atom. The fraction of sp³-hybridized carbons (Fsp3) is 0.0667. The first-order chi connectivity index (χ1) is 10.2. The van der Waals surface area contributed by atoms with Crippen molar-refractivity contribution in [2.75, 3.05) is 5.32 Å². The quantitative estimate of drug-likeness (QED) is 0.801. The lowest BCUT2D eigenvalue weighted by atomic mass is 10.2. The maximum Gasteiger partial charge on any atom is 0.291 e. The van der Waals surface area contributed by atoms with Crippen molar-refractivity contribution in [2.24, 2.45) is 0 Å². The molecule has 2 aromatic heterocycles. The van der Waals surface area contributed by atoms with Crippen molar-refractivity contribution < 1.29 is 13.6 Å². The van der Waals surface area contributed by atoms with E-state index in [0.717, 1.165) is 0 Å². The minimum atomic E-state index is -0.356. The molecule has 0 bridgehead atoms. The summed E-state index contributed by atoms with van der Waals surface area (Å²) in [6.45, 7) is 0.295. The molecule has 0 aliphatic heterocycles. The summed E-state index contributed by atoms with van der Waals surface area (Å²) in [5.74, 6) is -0.420. The predicted molar refractivity (Wildman–Crippen MR) is 74.4 cm³/mol. The highest BCUT2D eigenvalue weighted by Crippen LogP contribution is 2.12. The molecule has 1 amide bonds. The monoisotopic (exact) mass is 285 g/mol. The van der Waals surface area contributed by atoms with E-state index >= 15 is 0 Å². The molecule has 21 heavy (non-hydrogen) atoms. The Bertz CT molecular complexity index is 750. The highest BCUT2D eigenvalue weighted by molar-refractivity contribution is 6.02. The fourth-order valence-corrected chi connectivity index (χ4v) is 1.92. The van der Waals surface area contributed by atoms with Crippen LogP contribution in [0, 0.1) is 5.82 Å². The lowest BCUT2D eigenvalue weighted by Crippen LogP contribution is -2.10. The van der Waals surface area contributed by atoms with Crippen molar-refractivity contribution in [3.63, 3.8) is 0 Å². The zero-order valence-corrected chi connectivity index (χ0v) is 11.0. The third kappa shape index (κ3) is 3.00. The van der Waals surface area contributed by atoms with Gasteiger partial charge in [0, 0.05) is 11.8 Å². The molecule has 0 unspecified atom stereocenters. The first kappa shape index (κ1) is 13.1. The van der Waals surface area contributed by atoms with E-state index in [1.165, 1.54) is 18.5 Å². The Hall–Kier alpha value is -2.89. The normalized spacial score (nSPS) is 10.5. The van der Waals surface area contributed by atoms with E-state index in [9.17, 15) is 9.18 Å². The standard InChI is InChI=1S/C15H12FN3O2/c16-13-5-2-1-4-11(13)9-19-10-12(8-17-19)18-15(20)14-6-3-7-21-14/h1-8,10H,9H2,(H,18,20). The van der Waals surface area contributed by atoms with E-state index in [-0.39, 0.29) is 17.5 Å². The van der Waals surface area contributed by atoms with Crippen LogP contribution in [0.5, 0.6) is 0 Å². The maximum absolute atomic E-state index is 13.6. The van der Waals surface area contributed by atoms with Gasteiger partial charge in [0.25, 0.3) is 5.91 Å². The third-order valence-electron chi connectivity index (χ3n) is 2.93. The first-order valence-corrected chi connectivity index (χ1v) is 6.33. The lowest BCUT2D eigenvalue weighted by Gasteiger charge is -2.03. The van der Waals surface area contributed by atoms with Crippen molar-refractivity contribution in [2.45, 2.75) is 6.54 Å². The average molecular weight is 285 g/mol. The van der Waals surface area contributed by atoms with Crippen LogP contribution in [0.1, 0.15) is 16.1 Å². The summed E-state index contributed by atoms with van der Waals surface area (Å²) in [5, 5.41) is 6.75. The van der Waals surface area contributed by atoms with E-state index < -0.39 is 0 Å². The Balaban J connectivity index is 1.69. The minimum Gasteiger partial charge on any atom is -0.459 e. The number of hydrogen-bond acceptors (Lipinski definition) is 3. The smallest absolute Gasteiger partial charge is 0.291 e. The van der Waals surface area contributed by atoms with Crippen LogP contribution < -0.4 is 5.32 Å². The molecule has 0 spiro atoms. The van der Waals surface area contributed by atoms with Gasteiger partial charge in [0.05, 0.1) is 24.7 Å². The van der Waals surface area contributed by atoms with E-state index in [2.05, 4.69) is 10.4 Å². The molecule has 0 aliphatic carbocycles. The Morgan fingerprint density at radius 3 is 2.90 bits per heavy atom. The Morgan fingerprint density at radius 1 is 1.29 bits per heavy atom. The zero-order chi connectivity index (χ0) is 14.7. The van der Waals surface area contributed by atoms with Crippen molar-refractivity contribution >= 4 is 11.6 Å². The van der Waals surface area contributed by atoms with Crippen molar-refractivity contribution in [1.29, 1.82) is 0 Å². The first-order valence-electron chi connectivity index (χ1n) is 6.33. The number of anilines is 1. The number of aromatic nitrogens is 2. The molecule has 0 radical (unpaired) electrons. The lowest BCUT2D eigenvalue weighted by molar-refractivity contribution is 0.0996. The number of carbonyl (C=O) groups excluding carboxylic acids is 1. The highest BCUT2D eigenvalue weighted by atomic mass is 19.1. The van der Waals surface area contributed by atoms with Crippen LogP contribution in [-0.2, 0) is 6.54 Å². The number of hydrogen-bond donors (Lipinski definition) is 1. The van der Waals surface area contributed by atoms with Crippen molar-refractivity contribution in [3.8, 4) is 0 Å². The van der Waals surface area contributed by atoms with Gasteiger partial charge in [-0.25, -0.2) is 4.39 Å². The van der Waals surface area contributed by atoms with E-state index in [1.807, 2.05) is 0 Å². The second-order valence-corrected chi connectivity index (χ2v) is 4.45. The summed E-state index contributed by atoms with van der Waals surface area (Å²) in [4.78, 5) is 11.8. The second kappa shape index (κ2) is 5.62. The summed E-state index contributed by atoms with van der Waals surface area (Å²) in [7, 11) is 0. The Labute approximate surface area is 120 Å². The fourth-order valence-electron chi connectivity index (χ4n) is 1.92. The number of carbonyl (C=O) groups is 1. The third-order valence-corrected chi connectivity index (χ3v) is 2.93. The summed E-state index contributed by atoms with van der Waals surface area (Å²) in [6.07, 6.45) is 4.56. The highest BCUT2D eigenvalue weighted by Gasteiger charge is 2.10. The van der Waals surface area contributed by atoms with Gasteiger partial charge in [-0.2, -0.15) is 5.10 Å². The summed E-state index contributed by atoms with van der Waals surface area (Å²) in [6, 6.07) is 9.70. The van der Waals surface area contributed by atoms with Crippen LogP contribution in [0.3, 0.4) is 0 Å². The van der Waals surface area contributed by atoms with Gasteiger partial charge < -0.3 is 9.73 Å². The van der Waals surface area contributed by atoms with Crippen LogP contribution in [0.25, 0.3) is 0 Å². The summed E-state index contributed by atoms with van der Waals surface area (Å²) >= 11 is 0. The predicted octanol–water partition coefficient (Wildman–Crippen LogP) is 2.92. The molecule has 0 saturated carbocycles. The molecular formula is C15H12FN3O2. The summed E-state index contributed by atoms with van der Waals surface area (Å²) in [5.41, 5.74) is 1.05. The van der Waals surface area contributed by atoms with Crippen LogP contribution in [0.4, 0.5) is 10.1 Å². The van der Waals surface area contributed by atoms with E-state index in [0.29, 0.717) is 17.8 Å². The van der Waals surface area contributed by atoms with Gasteiger partial charge in [0.2, 0.25) is 0 Å². The Kier molecular flexibility index (Phi) is 3.51. The molecule has 0 fully saturated rings. The van der Waals surface area contributed by atoms with Gasteiger partial charge in [0.1, 0.15) is 5.82 Å². The number of nitrogens with zero attached hydrogens (tertiary/aromatic N) is 2. The molecule has 2 heterocycles. The van der Waals surface area contributed by atoms with Gasteiger partial charge in [-0.05, 0) is 18.2 Å². The topological polar surface area (TPSA) is 60.1 Å². The second-order valence-electron chi connectivity index (χ2n) is 4.45. The van der Waals surface area contributed by atoms with Crippen LogP contribution in [0.2, 0.25) is 0 Å². The summed E-state index contributed by atoms with van der Waals surface area (Å²) < 4.78 is 20.1. The molecule has 0 saturated heterocycles. The molecule has 0 atom stereocenters. The molecular weight excluding hydrogens is 273 g/mol. The van der Waals surface area contributed by atoms with E-state index in [1.54, 1.807) is 41.2 Å². The number of benzene rings is 1. The van der Waals surface area contributed by atoms with Crippen LogP contribution >= 0.6 is 0 Å². The number of furan rings is 1.